The van der Waals surface area contributed by atoms with Crippen molar-refractivity contribution in [2.75, 3.05) is 14.2 Å². The minimum absolute atomic E-state index is 0.0798. The Balaban J connectivity index is 1.96. The maximum absolute atomic E-state index is 5.45. The molecule has 26 heavy (non-hydrogen) atoms. The standard InChI is InChI=1S/C20H20N4O2/c1-12-15-7-5-6-8-16(15)24-19(13(2)21-12)22-23-20(24)14-9-10-17(25-3)18(11-14)26-4/h5-11,13H,1-4H3. The second-order valence-corrected chi connectivity index (χ2v) is 6.19. The summed E-state index contributed by atoms with van der Waals surface area (Å²) in [6.07, 6.45) is 0. The van der Waals surface area contributed by atoms with Gasteiger partial charge in [0, 0.05) is 16.8 Å². The Morgan fingerprint density at radius 2 is 1.73 bits per heavy atom. The number of benzene rings is 2. The molecular weight excluding hydrogens is 328 g/mol. The summed E-state index contributed by atoms with van der Waals surface area (Å²) in [5, 5.41) is 8.90. The third-order valence-electron chi connectivity index (χ3n) is 4.63. The van der Waals surface area contributed by atoms with Gasteiger partial charge in [0.1, 0.15) is 6.04 Å². The number of ether oxygens (including phenoxy) is 2. The lowest BCUT2D eigenvalue weighted by Gasteiger charge is -2.14. The Morgan fingerprint density at radius 3 is 2.50 bits per heavy atom. The molecule has 0 bridgehead atoms. The fourth-order valence-electron chi connectivity index (χ4n) is 3.36. The lowest BCUT2D eigenvalue weighted by atomic mass is 10.1. The van der Waals surface area contributed by atoms with Gasteiger partial charge in [-0.25, -0.2) is 0 Å². The van der Waals surface area contributed by atoms with Crippen molar-refractivity contribution in [2.45, 2.75) is 19.9 Å². The van der Waals surface area contributed by atoms with Gasteiger partial charge in [-0.3, -0.25) is 9.56 Å². The van der Waals surface area contributed by atoms with Crippen molar-refractivity contribution >= 4 is 5.71 Å². The van der Waals surface area contributed by atoms with Gasteiger partial charge in [0.2, 0.25) is 0 Å². The van der Waals surface area contributed by atoms with Gasteiger partial charge >= 0.3 is 0 Å². The van der Waals surface area contributed by atoms with Crippen LogP contribution in [0.2, 0.25) is 0 Å². The second-order valence-electron chi connectivity index (χ2n) is 6.19. The molecule has 6 nitrogen and oxygen atoms in total. The van der Waals surface area contributed by atoms with Gasteiger partial charge in [0.15, 0.2) is 23.1 Å². The Labute approximate surface area is 152 Å². The summed E-state index contributed by atoms with van der Waals surface area (Å²) in [6, 6.07) is 13.9. The first-order valence-electron chi connectivity index (χ1n) is 8.46. The molecule has 0 saturated carbocycles. The molecule has 2 aromatic carbocycles. The average molecular weight is 348 g/mol. The largest absolute Gasteiger partial charge is 0.493 e. The highest BCUT2D eigenvalue weighted by Crippen LogP contribution is 2.35. The van der Waals surface area contributed by atoms with Crippen molar-refractivity contribution in [3.8, 4) is 28.6 Å². The van der Waals surface area contributed by atoms with Crippen LogP contribution in [0.25, 0.3) is 17.1 Å². The molecule has 0 N–H and O–H groups in total. The highest BCUT2D eigenvalue weighted by Gasteiger charge is 2.25. The Hall–Kier alpha value is -3.15. The summed E-state index contributed by atoms with van der Waals surface area (Å²) in [5.41, 5.74) is 4.02. The van der Waals surface area contributed by atoms with Gasteiger partial charge < -0.3 is 9.47 Å². The summed E-state index contributed by atoms with van der Waals surface area (Å²) in [5.74, 6) is 2.91. The molecule has 2 heterocycles. The van der Waals surface area contributed by atoms with E-state index >= 15 is 0 Å². The number of methoxy groups -OCH3 is 2. The number of rotatable bonds is 3. The molecule has 1 atom stereocenters. The van der Waals surface area contributed by atoms with E-state index in [2.05, 4.69) is 26.9 Å². The van der Waals surface area contributed by atoms with Gasteiger partial charge in [0.05, 0.1) is 19.9 Å². The number of fused-ring (bicyclic) bond motifs is 3. The summed E-state index contributed by atoms with van der Waals surface area (Å²) in [4.78, 5) is 4.78. The van der Waals surface area contributed by atoms with E-state index < -0.39 is 0 Å². The molecule has 6 heteroatoms. The fourth-order valence-corrected chi connectivity index (χ4v) is 3.36. The van der Waals surface area contributed by atoms with Gasteiger partial charge in [-0.05, 0) is 38.1 Å². The average Bonchev–Trinajstić information content (AvgIpc) is 3.08. The van der Waals surface area contributed by atoms with E-state index in [1.54, 1.807) is 14.2 Å². The Bertz CT molecular complexity index is 1010. The molecule has 0 spiro atoms. The Morgan fingerprint density at radius 1 is 0.962 bits per heavy atom. The fraction of sp³-hybridized carbons (Fsp3) is 0.250. The number of hydrogen-bond donors (Lipinski definition) is 0. The first-order valence-corrected chi connectivity index (χ1v) is 8.46. The van der Waals surface area contributed by atoms with Gasteiger partial charge in [-0.2, -0.15) is 0 Å². The Kier molecular flexibility index (Phi) is 3.95. The summed E-state index contributed by atoms with van der Waals surface area (Å²) in [6.45, 7) is 4.07. The molecule has 4 rings (SSSR count). The molecule has 1 aromatic heterocycles. The van der Waals surface area contributed by atoms with Crippen molar-refractivity contribution in [2.24, 2.45) is 4.99 Å². The van der Waals surface area contributed by atoms with Crippen LogP contribution in [0.4, 0.5) is 0 Å². The molecule has 0 saturated heterocycles. The van der Waals surface area contributed by atoms with Crippen LogP contribution in [0, 0.1) is 0 Å². The van der Waals surface area contributed by atoms with Crippen molar-refractivity contribution < 1.29 is 9.47 Å². The number of nitrogens with zero attached hydrogens (tertiary/aromatic N) is 4. The molecule has 0 radical (unpaired) electrons. The van der Waals surface area contributed by atoms with E-state index in [0.717, 1.165) is 34.2 Å². The van der Waals surface area contributed by atoms with E-state index in [4.69, 9.17) is 14.5 Å². The van der Waals surface area contributed by atoms with Crippen LogP contribution in [0.5, 0.6) is 11.5 Å². The first-order chi connectivity index (χ1) is 12.6. The highest BCUT2D eigenvalue weighted by molar-refractivity contribution is 6.02. The maximum atomic E-state index is 5.45. The lowest BCUT2D eigenvalue weighted by molar-refractivity contribution is 0.355. The third-order valence-corrected chi connectivity index (χ3v) is 4.63. The molecule has 1 aliphatic rings. The van der Waals surface area contributed by atoms with Crippen LogP contribution in [0.1, 0.15) is 31.3 Å². The second kappa shape index (κ2) is 6.29. The van der Waals surface area contributed by atoms with Crippen molar-refractivity contribution in [3.05, 3.63) is 53.9 Å². The van der Waals surface area contributed by atoms with E-state index in [1.165, 1.54) is 0 Å². The number of aliphatic imine (C=N–C) groups is 1. The predicted octanol–water partition coefficient (Wildman–Crippen LogP) is 3.84. The lowest BCUT2D eigenvalue weighted by Crippen LogP contribution is -2.06. The predicted molar refractivity (Wildman–Crippen MR) is 101 cm³/mol. The van der Waals surface area contributed by atoms with Crippen LogP contribution in [0.3, 0.4) is 0 Å². The normalized spacial score (nSPS) is 15.5. The summed E-state index contributed by atoms with van der Waals surface area (Å²) in [7, 11) is 3.25. The molecule has 0 amide bonds. The van der Waals surface area contributed by atoms with Gasteiger partial charge in [-0.1, -0.05) is 18.2 Å². The first kappa shape index (κ1) is 16.3. The minimum Gasteiger partial charge on any atom is -0.493 e. The zero-order chi connectivity index (χ0) is 18.3. The van der Waals surface area contributed by atoms with Crippen LogP contribution < -0.4 is 9.47 Å². The molecule has 1 aliphatic heterocycles. The minimum atomic E-state index is -0.0798. The third kappa shape index (κ3) is 2.45. The topological polar surface area (TPSA) is 61.5 Å². The van der Waals surface area contributed by atoms with E-state index in [1.807, 2.05) is 44.2 Å². The maximum Gasteiger partial charge on any atom is 0.168 e. The molecule has 132 valence electrons. The highest BCUT2D eigenvalue weighted by atomic mass is 16.5. The van der Waals surface area contributed by atoms with Crippen molar-refractivity contribution in [1.82, 2.24) is 14.8 Å². The summed E-state index contributed by atoms with van der Waals surface area (Å²) < 4.78 is 12.9. The quantitative estimate of drug-likeness (QED) is 0.721. The van der Waals surface area contributed by atoms with E-state index in [0.29, 0.717) is 11.5 Å². The monoisotopic (exact) mass is 348 g/mol. The SMILES string of the molecule is COc1ccc(-c2nnc3n2-c2ccccc2C(C)=NC3C)cc1OC. The van der Waals surface area contributed by atoms with Crippen LogP contribution in [-0.4, -0.2) is 34.7 Å². The number of aromatic nitrogens is 3. The summed E-state index contributed by atoms with van der Waals surface area (Å²) >= 11 is 0. The molecule has 0 fully saturated rings. The van der Waals surface area contributed by atoms with Gasteiger partial charge in [0.25, 0.3) is 0 Å². The van der Waals surface area contributed by atoms with Crippen LogP contribution in [-0.2, 0) is 0 Å². The number of para-hydroxylation sites is 1. The zero-order valence-corrected chi connectivity index (χ0v) is 15.2. The van der Waals surface area contributed by atoms with E-state index in [9.17, 15) is 0 Å². The number of hydrogen-bond acceptors (Lipinski definition) is 5. The molecule has 3 aromatic rings. The van der Waals surface area contributed by atoms with Crippen molar-refractivity contribution in [1.29, 1.82) is 0 Å². The van der Waals surface area contributed by atoms with E-state index in [-0.39, 0.29) is 6.04 Å². The molecule has 1 unspecified atom stereocenters. The van der Waals surface area contributed by atoms with Crippen molar-refractivity contribution in [3.63, 3.8) is 0 Å². The molecular formula is C20H20N4O2. The zero-order valence-electron chi connectivity index (χ0n) is 15.2. The molecule has 0 aliphatic carbocycles. The smallest absolute Gasteiger partial charge is 0.168 e. The van der Waals surface area contributed by atoms with Gasteiger partial charge in [-0.15, -0.1) is 10.2 Å². The van der Waals surface area contributed by atoms with Crippen LogP contribution in [0.15, 0.2) is 47.5 Å². The van der Waals surface area contributed by atoms with Crippen LogP contribution >= 0.6 is 0 Å².